The van der Waals surface area contributed by atoms with Crippen LogP contribution in [-0.2, 0) is 0 Å². The summed E-state index contributed by atoms with van der Waals surface area (Å²) in [4.78, 5) is 16.6. The van der Waals surface area contributed by atoms with Gasteiger partial charge in [-0.25, -0.2) is 18.9 Å². The van der Waals surface area contributed by atoms with Crippen molar-refractivity contribution in [3.05, 3.63) is 102 Å². The van der Waals surface area contributed by atoms with Gasteiger partial charge in [0.2, 0.25) is 0 Å². The Balaban J connectivity index is 1.69. The van der Waals surface area contributed by atoms with Gasteiger partial charge in [0, 0.05) is 22.7 Å². The van der Waals surface area contributed by atoms with Crippen LogP contribution in [0.1, 0.15) is 34.5 Å². The van der Waals surface area contributed by atoms with Crippen molar-refractivity contribution in [3.63, 3.8) is 0 Å². The molecule has 1 unspecified atom stereocenters. The SMILES string of the molecule is Cc1cc(C(C)Nc2ccccc2C(=O)O)c2cc(-c3ccc(F)cc3)c(-n3ccnn3)nc2c1. The Morgan fingerprint density at radius 1 is 1.09 bits per heavy atom. The summed E-state index contributed by atoms with van der Waals surface area (Å²) < 4.78 is 15.2. The molecule has 0 bridgehead atoms. The summed E-state index contributed by atoms with van der Waals surface area (Å²) in [6.07, 6.45) is 3.29. The van der Waals surface area contributed by atoms with Gasteiger partial charge < -0.3 is 10.4 Å². The number of carboxylic acids is 1. The standard InChI is InChI=1S/C27H22FN5O2/c1-16-13-21(17(2)30-24-6-4-3-5-20(24)27(34)35)23-15-22(18-7-9-19(28)10-8-18)26(31-25(23)14-16)33-12-11-29-32-33/h3-15,17,30H,1-2H3,(H,34,35). The number of aromatic nitrogens is 4. The van der Waals surface area contributed by atoms with Crippen molar-refractivity contribution >= 4 is 22.6 Å². The lowest BCUT2D eigenvalue weighted by Gasteiger charge is -2.21. The lowest BCUT2D eigenvalue weighted by Crippen LogP contribution is -2.12. The largest absolute Gasteiger partial charge is 0.478 e. The number of para-hydroxylation sites is 1. The van der Waals surface area contributed by atoms with E-state index in [0.717, 1.165) is 33.2 Å². The molecule has 3 aromatic carbocycles. The van der Waals surface area contributed by atoms with E-state index >= 15 is 0 Å². The van der Waals surface area contributed by atoms with Crippen molar-refractivity contribution in [1.29, 1.82) is 0 Å². The molecule has 2 heterocycles. The third-order valence-corrected chi connectivity index (χ3v) is 5.88. The lowest BCUT2D eigenvalue weighted by atomic mass is 9.96. The number of carbonyl (C=O) groups is 1. The number of carboxylic acid groups (broad SMARTS) is 1. The third kappa shape index (κ3) is 4.33. The second-order valence-corrected chi connectivity index (χ2v) is 8.35. The quantitative estimate of drug-likeness (QED) is 0.328. The number of aromatic carboxylic acids is 1. The molecule has 0 aliphatic rings. The molecule has 174 valence electrons. The van der Waals surface area contributed by atoms with Crippen LogP contribution in [0.15, 0.2) is 79.1 Å². The van der Waals surface area contributed by atoms with Gasteiger partial charge in [-0.15, -0.1) is 5.10 Å². The van der Waals surface area contributed by atoms with E-state index in [1.165, 1.54) is 12.1 Å². The van der Waals surface area contributed by atoms with Crippen LogP contribution >= 0.6 is 0 Å². The van der Waals surface area contributed by atoms with E-state index < -0.39 is 5.97 Å². The smallest absolute Gasteiger partial charge is 0.337 e. The number of nitrogens with zero attached hydrogens (tertiary/aromatic N) is 4. The number of fused-ring (bicyclic) bond motifs is 1. The molecule has 2 N–H and O–H groups in total. The van der Waals surface area contributed by atoms with E-state index in [1.54, 1.807) is 53.5 Å². The zero-order valence-corrected chi connectivity index (χ0v) is 19.1. The van der Waals surface area contributed by atoms with Crippen LogP contribution in [0.5, 0.6) is 0 Å². The van der Waals surface area contributed by atoms with E-state index in [4.69, 9.17) is 4.98 Å². The zero-order chi connectivity index (χ0) is 24.5. The molecule has 0 aliphatic heterocycles. The third-order valence-electron chi connectivity index (χ3n) is 5.88. The minimum atomic E-state index is -0.993. The molecular weight excluding hydrogens is 445 g/mol. The minimum absolute atomic E-state index is 0.204. The van der Waals surface area contributed by atoms with Gasteiger partial charge in [0.1, 0.15) is 5.82 Å². The fourth-order valence-corrected chi connectivity index (χ4v) is 4.24. The summed E-state index contributed by atoms with van der Waals surface area (Å²) >= 11 is 0. The van der Waals surface area contributed by atoms with E-state index in [1.807, 2.05) is 26.0 Å². The maximum Gasteiger partial charge on any atom is 0.337 e. The number of rotatable bonds is 6. The number of benzene rings is 3. The first-order valence-corrected chi connectivity index (χ1v) is 11.1. The van der Waals surface area contributed by atoms with Gasteiger partial charge in [0.05, 0.1) is 23.5 Å². The van der Waals surface area contributed by atoms with Crippen molar-refractivity contribution in [1.82, 2.24) is 20.0 Å². The van der Waals surface area contributed by atoms with Gasteiger partial charge >= 0.3 is 5.97 Å². The number of halogens is 1. The average Bonchev–Trinajstić information content (AvgIpc) is 3.38. The molecule has 8 heteroatoms. The van der Waals surface area contributed by atoms with Crippen LogP contribution in [0.3, 0.4) is 0 Å². The van der Waals surface area contributed by atoms with Crippen LogP contribution in [0, 0.1) is 12.7 Å². The van der Waals surface area contributed by atoms with Crippen molar-refractivity contribution in [3.8, 4) is 16.9 Å². The van der Waals surface area contributed by atoms with E-state index in [2.05, 4.69) is 21.7 Å². The van der Waals surface area contributed by atoms with Gasteiger partial charge in [-0.05, 0) is 66.9 Å². The molecule has 0 fully saturated rings. The fourth-order valence-electron chi connectivity index (χ4n) is 4.24. The second-order valence-electron chi connectivity index (χ2n) is 8.35. The van der Waals surface area contributed by atoms with Gasteiger partial charge in [-0.3, -0.25) is 0 Å². The Morgan fingerprint density at radius 3 is 2.57 bits per heavy atom. The van der Waals surface area contributed by atoms with Crippen LogP contribution in [0.25, 0.3) is 27.8 Å². The molecule has 1 atom stereocenters. The van der Waals surface area contributed by atoms with Crippen molar-refractivity contribution in [2.75, 3.05) is 5.32 Å². The molecule has 0 aliphatic carbocycles. The van der Waals surface area contributed by atoms with Gasteiger partial charge in [0.15, 0.2) is 5.82 Å². The van der Waals surface area contributed by atoms with E-state index in [-0.39, 0.29) is 17.4 Å². The predicted molar refractivity (Wildman–Crippen MR) is 132 cm³/mol. The Kier molecular flexibility index (Phi) is 5.70. The summed E-state index contributed by atoms with van der Waals surface area (Å²) in [5.41, 5.74) is 5.03. The van der Waals surface area contributed by atoms with E-state index in [9.17, 15) is 14.3 Å². The predicted octanol–water partition coefficient (Wildman–Crippen LogP) is 5.80. The van der Waals surface area contributed by atoms with Crippen LogP contribution in [-0.4, -0.2) is 31.1 Å². The Bertz CT molecular complexity index is 1530. The monoisotopic (exact) mass is 467 g/mol. The average molecular weight is 468 g/mol. The summed E-state index contributed by atoms with van der Waals surface area (Å²) in [5.74, 6) is -0.738. The first-order chi connectivity index (χ1) is 16.9. The number of nitrogens with one attached hydrogen (secondary N) is 1. The van der Waals surface area contributed by atoms with Gasteiger partial charge in [0.25, 0.3) is 0 Å². The molecule has 2 aromatic heterocycles. The van der Waals surface area contributed by atoms with Gasteiger partial charge in [-0.2, -0.15) is 0 Å². The molecule has 0 spiro atoms. The molecule has 0 radical (unpaired) electrons. The van der Waals surface area contributed by atoms with Gasteiger partial charge in [-0.1, -0.05) is 35.5 Å². The summed E-state index contributed by atoms with van der Waals surface area (Å²) in [6, 6.07) is 18.9. The molecule has 0 saturated heterocycles. The maximum absolute atomic E-state index is 13.6. The number of hydrogen-bond acceptors (Lipinski definition) is 5. The normalized spacial score (nSPS) is 12.0. The Labute approximate surface area is 200 Å². The van der Waals surface area contributed by atoms with Crippen LogP contribution in [0.4, 0.5) is 10.1 Å². The fraction of sp³-hybridized carbons (Fsp3) is 0.111. The maximum atomic E-state index is 13.6. The molecule has 0 amide bonds. The highest BCUT2D eigenvalue weighted by molar-refractivity contribution is 5.95. The minimum Gasteiger partial charge on any atom is -0.478 e. The first kappa shape index (κ1) is 22.2. The molecule has 7 nitrogen and oxygen atoms in total. The lowest BCUT2D eigenvalue weighted by molar-refractivity contribution is 0.0698. The number of pyridine rings is 1. The summed E-state index contributed by atoms with van der Waals surface area (Å²) in [7, 11) is 0. The van der Waals surface area contributed by atoms with E-state index in [0.29, 0.717) is 11.5 Å². The van der Waals surface area contributed by atoms with Crippen LogP contribution < -0.4 is 5.32 Å². The van der Waals surface area contributed by atoms with Crippen molar-refractivity contribution in [2.24, 2.45) is 0 Å². The van der Waals surface area contributed by atoms with Crippen molar-refractivity contribution < 1.29 is 14.3 Å². The zero-order valence-electron chi connectivity index (χ0n) is 19.1. The molecule has 35 heavy (non-hydrogen) atoms. The summed E-state index contributed by atoms with van der Waals surface area (Å²) in [6.45, 7) is 3.97. The summed E-state index contributed by atoms with van der Waals surface area (Å²) in [5, 5.41) is 21.9. The number of hydrogen-bond donors (Lipinski definition) is 2. The topological polar surface area (TPSA) is 92.9 Å². The molecule has 5 aromatic rings. The molecule has 5 rings (SSSR count). The van der Waals surface area contributed by atoms with Crippen LogP contribution in [0.2, 0.25) is 0 Å². The number of anilines is 1. The highest BCUT2D eigenvalue weighted by atomic mass is 19.1. The molecular formula is C27H22FN5O2. The number of aryl methyl sites for hydroxylation is 1. The highest BCUT2D eigenvalue weighted by Crippen LogP contribution is 2.34. The first-order valence-electron chi connectivity index (χ1n) is 11.1. The Morgan fingerprint density at radius 2 is 1.86 bits per heavy atom. The second kappa shape index (κ2) is 8.98. The highest BCUT2D eigenvalue weighted by Gasteiger charge is 2.18. The Hall–Kier alpha value is -4.59. The van der Waals surface area contributed by atoms with Crippen molar-refractivity contribution in [2.45, 2.75) is 19.9 Å². The molecule has 0 saturated carbocycles.